The topological polar surface area (TPSA) is 19.4 Å². The molecule has 0 amide bonds. The number of nitrogens with zero attached hydrogens (tertiary/aromatic N) is 3. The van der Waals surface area contributed by atoms with Crippen molar-refractivity contribution < 1.29 is 0 Å². The Kier molecular flexibility index (Phi) is 8.16. The molecule has 0 bridgehead atoms. The third-order valence-corrected chi connectivity index (χ3v) is 7.59. The normalized spacial score (nSPS) is 17.3. The van der Waals surface area contributed by atoms with Crippen LogP contribution in [0.5, 0.6) is 0 Å². The van der Waals surface area contributed by atoms with Gasteiger partial charge in [-0.3, -0.25) is 4.90 Å². The van der Waals surface area contributed by atoms with Crippen LogP contribution >= 0.6 is 11.6 Å². The molecule has 3 heterocycles. The highest BCUT2D eigenvalue weighted by atomic mass is 35.5. The van der Waals surface area contributed by atoms with Gasteiger partial charge in [-0.1, -0.05) is 60.0 Å². The van der Waals surface area contributed by atoms with E-state index >= 15 is 0 Å². The predicted molar refractivity (Wildman–Crippen MR) is 145 cm³/mol. The fourth-order valence-corrected chi connectivity index (χ4v) is 5.39. The molecule has 180 valence electrons. The van der Waals surface area contributed by atoms with Crippen LogP contribution in [-0.2, 0) is 13.0 Å². The Morgan fingerprint density at radius 3 is 2.17 bits per heavy atom. The Labute approximate surface area is 215 Å². The van der Waals surface area contributed by atoms with E-state index in [-0.39, 0.29) is 0 Å². The van der Waals surface area contributed by atoms with Gasteiger partial charge in [0, 0.05) is 35.8 Å². The summed E-state index contributed by atoms with van der Waals surface area (Å²) in [5, 5.41) is 0.742. The average Bonchev–Trinajstić information content (AvgIpc) is 3.44. The fourth-order valence-electron chi connectivity index (χ4n) is 5.26. The fraction of sp³-hybridized carbons (Fsp3) is 0.387. The molecule has 5 rings (SSSR count). The lowest BCUT2D eigenvalue weighted by Crippen LogP contribution is -2.43. The third-order valence-electron chi connectivity index (χ3n) is 7.34. The number of pyridine rings is 1. The van der Waals surface area contributed by atoms with Crippen molar-refractivity contribution in [1.29, 1.82) is 0 Å². The van der Waals surface area contributed by atoms with Crippen molar-refractivity contribution in [2.75, 3.05) is 26.2 Å². The lowest BCUT2D eigenvalue weighted by Gasteiger charge is -2.36. The SMILES string of the molecule is Clc1ccc(-c2ccc(C#CCCc3ccc(CN4CCC(N5CCCC5)CC4)cc3)nc2)cc1. The van der Waals surface area contributed by atoms with E-state index in [4.69, 9.17) is 11.6 Å². The molecule has 2 aliphatic heterocycles. The standard InChI is InChI=1S/C31H34ClN3/c32-29-14-11-27(12-15-29)28-13-16-30(33-23-28)6-2-1-5-25-7-9-26(10-8-25)24-34-21-17-31(18-22-34)35-19-3-4-20-35/h7-16,23,31H,1,3-5,17-22,24H2. The monoisotopic (exact) mass is 483 g/mol. The molecular formula is C31H34ClN3. The summed E-state index contributed by atoms with van der Waals surface area (Å²) < 4.78 is 0. The van der Waals surface area contributed by atoms with Crippen molar-refractivity contribution in [1.82, 2.24) is 14.8 Å². The summed E-state index contributed by atoms with van der Waals surface area (Å²) in [5.41, 5.74) is 5.76. The van der Waals surface area contributed by atoms with Gasteiger partial charge in [0.25, 0.3) is 0 Å². The van der Waals surface area contributed by atoms with Gasteiger partial charge in [-0.15, -0.1) is 0 Å². The second-order valence-corrected chi connectivity index (χ2v) is 10.2. The van der Waals surface area contributed by atoms with Gasteiger partial charge >= 0.3 is 0 Å². The first-order valence-electron chi connectivity index (χ1n) is 13.0. The number of aryl methyl sites for hydroxylation is 1. The largest absolute Gasteiger partial charge is 0.300 e. The average molecular weight is 484 g/mol. The second-order valence-electron chi connectivity index (χ2n) is 9.81. The highest BCUT2D eigenvalue weighted by Crippen LogP contribution is 2.23. The zero-order valence-corrected chi connectivity index (χ0v) is 21.2. The lowest BCUT2D eigenvalue weighted by molar-refractivity contribution is 0.122. The van der Waals surface area contributed by atoms with Gasteiger partial charge in [0.15, 0.2) is 0 Å². The Bertz CT molecular complexity index is 1130. The summed E-state index contributed by atoms with van der Waals surface area (Å²) >= 11 is 5.97. The highest BCUT2D eigenvalue weighted by Gasteiger charge is 2.26. The van der Waals surface area contributed by atoms with Crippen LogP contribution in [0.15, 0.2) is 66.9 Å². The van der Waals surface area contributed by atoms with E-state index in [9.17, 15) is 0 Å². The number of benzene rings is 2. The number of hydrogen-bond donors (Lipinski definition) is 0. The number of likely N-dealkylation sites (tertiary alicyclic amines) is 2. The van der Waals surface area contributed by atoms with E-state index in [1.807, 2.05) is 36.5 Å². The van der Waals surface area contributed by atoms with Crippen LogP contribution in [0, 0.1) is 11.8 Å². The molecule has 0 N–H and O–H groups in total. The van der Waals surface area contributed by atoms with Gasteiger partial charge in [0.05, 0.1) is 0 Å². The van der Waals surface area contributed by atoms with Crippen LogP contribution in [0.4, 0.5) is 0 Å². The molecule has 2 fully saturated rings. The molecule has 0 atom stereocenters. The third kappa shape index (κ3) is 6.73. The second kappa shape index (κ2) is 11.9. The first-order chi connectivity index (χ1) is 17.2. The molecule has 0 unspecified atom stereocenters. The molecule has 2 aliphatic rings. The van der Waals surface area contributed by atoms with Crippen LogP contribution in [0.3, 0.4) is 0 Å². The van der Waals surface area contributed by atoms with E-state index in [0.29, 0.717) is 0 Å². The quantitative estimate of drug-likeness (QED) is 0.376. The molecule has 35 heavy (non-hydrogen) atoms. The smallest absolute Gasteiger partial charge is 0.113 e. The van der Waals surface area contributed by atoms with Crippen LogP contribution in [0.25, 0.3) is 11.1 Å². The Morgan fingerprint density at radius 2 is 1.49 bits per heavy atom. The Morgan fingerprint density at radius 1 is 0.800 bits per heavy atom. The summed E-state index contributed by atoms with van der Waals surface area (Å²) in [7, 11) is 0. The minimum Gasteiger partial charge on any atom is -0.300 e. The zero-order valence-electron chi connectivity index (χ0n) is 20.4. The first kappa shape index (κ1) is 24.1. The Hall–Kier alpha value is -2.64. The Balaban J connectivity index is 1.06. The molecule has 0 saturated carbocycles. The first-order valence-corrected chi connectivity index (χ1v) is 13.4. The zero-order chi connectivity index (χ0) is 23.9. The maximum absolute atomic E-state index is 5.97. The maximum Gasteiger partial charge on any atom is 0.113 e. The van der Waals surface area contributed by atoms with Gasteiger partial charge < -0.3 is 4.90 Å². The van der Waals surface area contributed by atoms with E-state index in [1.165, 1.54) is 63.0 Å². The minimum absolute atomic E-state index is 0.742. The van der Waals surface area contributed by atoms with Gasteiger partial charge in [0.2, 0.25) is 0 Å². The van der Waals surface area contributed by atoms with Crippen molar-refractivity contribution in [3.05, 3.63) is 88.7 Å². The van der Waals surface area contributed by atoms with E-state index in [2.05, 4.69) is 57.0 Å². The molecule has 2 saturated heterocycles. The number of halogens is 1. The molecule has 2 aromatic carbocycles. The van der Waals surface area contributed by atoms with Gasteiger partial charge in [0.1, 0.15) is 5.69 Å². The van der Waals surface area contributed by atoms with E-state index in [1.54, 1.807) is 0 Å². The van der Waals surface area contributed by atoms with Crippen LogP contribution in [0.2, 0.25) is 5.02 Å². The minimum atomic E-state index is 0.742. The van der Waals surface area contributed by atoms with Crippen LogP contribution in [-0.4, -0.2) is 47.0 Å². The summed E-state index contributed by atoms with van der Waals surface area (Å²) in [4.78, 5) is 9.85. The number of hydrogen-bond acceptors (Lipinski definition) is 3. The molecule has 1 aromatic heterocycles. The van der Waals surface area contributed by atoms with Gasteiger partial charge in [-0.05, 0) is 99.1 Å². The van der Waals surface area contributed by atoms with Gasteiger partial charge in [-0.25, -0.2) is 4.98 Å². The lowest BCUT2D eigenvalue weighted by atomic mass is 10.0. The van der Waals surface area contributed by atoms with Crippen molar-refractivity contribution >= 4 is 11.6 Å². The molecule has 0 spiro atoms. The number of rotatable bonds is 6. The van der Waals surface area contributed by atoms with Crippen LogP contribution in [0.1, 0.15) is 48.9 Å². The molecule has 3 nitrogen and oxygen atoms in total. The number of aromatic nitrogens is 1. The van der Waals surface area contributed by atoms with Crippen molar-refractivity contribution in [3.63, 3.8) is 0 Å². The van der Waals surface area contributed by atoms with Crippen molar-refractivity contribution in [2.45, 2.75) is 51.1 Å². The maximum atomic E-state index is 5.97. The molecule has 3 aromatic rings. The van der Waals surface area contributed by atoms with Crippen LogP contribution < -0.4 is 0 Å². The van der Waals surface area contributed by atoms with E-state index < -0.39 is 0 Å². The summed E-state index contributed by atoms with van der Waals surface area (Å²) in [5.74, 6) is 6.48. The van der Waals surface area contributed by atoms with Crippen molar-refractivity contribution in [3.8, 4) is 23.0 Å². The molecule has 0 radical (unpaired) electrons. The van der Waals surface area contributed by atoms with Gasteiger partial charge in [-0.2, -0.15) is 0 Å². The summed E-state index contributed by atoms with van der Waals surface area (Å²) in [6, 6.07) is 21.8. The molecule has 4 heteroatoms. The predicted octanol–water partition coefficient (Wildman–Crippen LogP) is 6.45. The van der Waals surface area contributed by atoms with E-state index in [0.717, 1.165) is 47.3 Å². The summed E-state index contributed by atoms with van der Waals surface area (Å²) in [6.07, 6.45) is 9.13. The molecule has 0 aliphatic carbocycles. The van der Waals surface area contributed by atoms with Crippen molar-refractivity contribution in [2.24, 2.45) is 0 Å². The molecular weight excluding hydrogens is 450 g/mol. The number of piperidine rings is 1. The highest BCUT2D eigenvalue weighted by molar-refractivity contribution is 6.30. The summed E-state index contributed by atoms with van der Waals surface area (Å²) in [6.45, 7) is 6.18.